The number of rotatable bonds is 2. The largest absolute Gasteiger partial charge is 0.507 e. The molecule has 1 N–H and O–H groups in total. The molecule has 0 atom stereocenters. The minimum Gasteiger partial charge on any atom is -0.507 e. The molecule has 0 aliphatic rings. The molecule has 0 aliphatic carbocycles. The van der Waals surface area contributed by atoms with Crippen LogP contribution in [0.2, 0.25) is 0 Å². The number of phenols is 1. The summed E-state index contributed by atoms with van der Waals surface area (Å²) in [5, 5.41) is 12.5. The molecule has 1 aromatic rings. The molecule has 3 nitrogen and oxygen atoms in total. The van der Waals surface area contributed by atoms with Gasteiger partial charge in [-0.25, -0.2) is 0 Å². The molecule has 1 rings (SSSR count). The van der Waals surface area contributed by atoms with Crippen LogP contribution in [0.25, 0.3) is 0 Å². The summed E-state index contributed by atoms with van der Waals surface area (Å²) < 4.78 is 0. The normalized spacial score (nSPS) is 11.5. The maximum Gasteiger partial charge on any atom is 0.123 e. The zero-order valence-corrected chi connectivity index (χ0v) is 9.66. The maximum atomic E-state index is 10.2. The molecular formula is C12H17NO2. The van der Waals surface area contributed by atoms with E-state index >= 15 is 0 Å². The van der Waals surface area contributed by atoms with E-state index in [0.29, 0.717) is 5.56 Å². The van der Waals surface area contributed by atoms with E-state index in [0.717, 1.165) is 11.1 Å². The molecule has 0 fully saturated rings. The van der Waals surface area contributed by atoms with Gasteiger partial charge in [-0.15, -0.1) is 0 Å². The molecule has 0 aromatic heterocycles. The molecule has 0 saturated heterocycles. The summed E-state index contributed by atoms with van der Waals surface area (Å²) in [6.07, 6.45) is 0. The van der Waals surface area contributed by atoms with Gasteiger partial charge in [0.1, 0.15) is 12.3 Å². The van der Waals surface area contributed by atoms with Gasteiger partial charge in [0.05, 0.1) is 0 Å². The van der Waals surface area contributed by atoms with Gasteiger partial charge in [-0.05, 0) is 29.5 Å². The Kier molecular flexibility index (Phi) is 3.12. The molecule has 0 saturated carbocycles. The van der Waals surface area contributed by atoms with Crippen LogP contribution in [0.4, 0.5) is 0 Å². The summed E-state index contributed by atoms with van der Waals surface area (Å²) in [6, 6.07) is 3.80. The van der Waals surface area contributed by atoms with Gasteiger partial charge in [-0.1, -0.05) is 32.0 Å². The lowest BCUT2D eigenvalue weighted by Crippen LogP contribution is -2.11. The average molecular weight is 207 g/mol. The highest BCUT2D eigenvalue weighted by atomic mass is 16.3. The van der Waals surface area contributed by atoms with Crippen molar-refractivity contribution in [2.75, 3.05) is 0 Å². The van der Waals surface area contributed by atoms with Gasteiger partial charge in [0.2, 0.25) is 0 Å². The second kappa shape index (κ2) is 4.01. The fourth-order valence-corrected chi connectivity index (χ4v) is 1.48. The van der Waals surface area contributed by atoms with Gasteiger partial charge >= 0.3 is 0 Å². The van der Waals surface area contributed by atoms with Gasteiger partial charge in [0, 0.05) is 5.56 Å². The number of nitrogens with zero attached hydrogens (tertiary/aromatic N) is 1. The van der Waals surface area contributed by atoms with Crippen molar-refractivity contribution in [2.45, 2.75) is 39.7 Å². The lowest BCUT2D eigenvalue weighted by atomic mass is 9.85. The second-order valence-corrected chi connectivity index (χ2v) is 4.84. The lowest BCUT2D eigenvalue weighted by molar-refractivity contribution is 0.462. The Morgan fingerprint density at radius 3 is 2.40 bits per heavy atom. The summed E-state index contributed by atoms with van der Waals surface area (Å²) in [5.74, 6) is 0.183. The standard InChI is InChI=1S/C12H17NO2/c1-8-5-10(12(2,3)4)6-9(7-13-15)11(8)14/h5-6,14H,7H2,1-4H3. The molecule has 0 aliphatic heterocycles. The summed E-state index contributed by atoms with van der Waals surface area (Å²) in [7, 11) is 0. The van der Waals surface area contributed by atoms with Crippen molar-refractivity contribution in [1.82, 2.24) is 0 Å². The summed E-state index contributed by atoms with van der Waals surface area (Å²) >= 11 is 0. The lowest BCUT2D eigenvalue weighted by Gasteiger charge is -2.21. The maximum absolute atomic E-state index is 10.2. The van der Waals surface area contributed by atoms with Crippen molar-refractivity contribution in [3.63, 3.8) is 0 Å². The van der Waals surface area contributed by atoms with Crippen LogP contribution in [-0.4, -0.2) is 5.11 Å². The number of benzene rings is 1. The van der Waals surface area contributed by atoms with Crippen molar-refractivity contribution < 1.29 is 5.11 Å². The number of hydrogen-bond donors (Lipinski definition) is 1. The van der Waals surface area contributed by atoms with Gasteiger partial charge in [0.25, 0.3) is 0 Å². The summed E-state index contributed by atoms with van der Waals surface area (Å²) in [4.78, 5) is 10.2. The number of aromatic hydroxyl groups is 1. The number of aryl methyl sites for hydroxylation is 1. The topological polar surface area (TPSA) is 49.7 Å². The van der Waals surface area contributed by atoms with Crippen molar-refractivity contribution in [2.24, 2.45) is 5.18 Å². The quantitative estimate of drug-likeness (QED) is 0.756. The predicted molar refractivity (Wildman–Crippen MR) is 61.0 cm³/mol. The molecule has 0 bridgehead atoms. The first-order valence-electron chi connectivity index (χ1n) is 4.98. The Bertz CT molecular complexity index is 378. The third-order valence-corrected chi connectivity index (χ3v) is 2.48. The Labute approximate surface area is 90.1 Å². The van der Waals surface area contributed by atoms with E-state index in [-0.39, 0.29) is 17.7 Å². The van der Waals surface area contributed by atoms with E-state index in [1.54, 1.807) is 0 Å². The second-order valence-electron chi connectivity index (χ2n) is 4.84. The van der Waals surface area contributed by atoms with Crippen LogP contribution in [0.1, 0.15) is 37.5 Å². The fraction of sp³-hybridized carbons (Fsp3) is 0.500. The summed E-state index contributed by atoms with van der Waals surface area (Å²) in [6.45, 7) is 8.14. The highest BCUT2D eigenvalue weighted by Crippen LogP contribution is 2.30. The monoisotopic (exact) mass is 207 g/mol. The van der Waals surface area contributed by atoms with Crippen LogP contribution < -0.4 is 0 Å². The van der Waals surface area contributed by atoms with E-state index in [4.69, 9.17) is 0 Å². The third kappa shape index (κ3) is 2.55. The average Bonchev–Trinajstić information content (AvgIpc) is 2.11. The Balaban J connectivity index is 3.29. The molecule has 0 radical (unpaired) electrons. The Morgan fingerprint density at radius 2 is 1.93 bits per heavy atom. The van der Waals surface area contributed by atoms with E-state index in [2.05, 4.69) is 25.9 Å². The molecular weight excluding hydrogens is 190 g/mol. The summed E-state index contributed by atoms with van der Waals surface area (Å²) in [5.41, 5.74) is 2.52. The smallest absolute Gasteiger partial charge is 0.123 e. The van der Waals surface area contributed by atoms with Gasteiger partial charge in [-0.3, -0.25) is 0 Å². The third-order valence-electron chi connectivity index (χ3n) is 2.48. The van der Waals surface area contributed by atoms with E-state index < -0.39 is 0 Å². The molecule has 0 spiro atoms. The molecule has 1 aromatic carbocycles. The van der Waals surface area contributed by atoms with Crippen molar-refractivity contribution >= 4 is 0 Å². The first-order valence-corrected chi connectivity index (χ1v) is 4.98. The van der Waals surface area contributed by atoms with Crippen LogP contribution >= 0.6 is 0 Å². The van der Waals surface area contributed by atoms with Crippen molar-refractivity contribution in [3.8, 4) is 5.75 Å². The van der Waals surface area contributed by atoms with Gasteiger partial charge in [0.15, 0.2) is 0 Å². The van der Waals surface area contributed by atoms with Gasteiger partial charge < -0.3 is 5.11 Å². The highest BCUT2D eigenvalue weighted by molar-refractivity contribution is 5.44. The van der Waals surface area contributed by atoms with Crippen LogP contribution in [0.3, 0.4) is 0 Å². The fourth-order valence-electron chi connectivity index (χ4n) is 1.48. The number of hydrogen-bond acceptors (Lipinski definition) is 3. The minimum absolute atomic E-state index is 0.0100. The molecule has 15 heavy (non-hydrogen) atoms. The van der Waals surface area contributed by atoms with Crippen molar-refractivity contribution in [3.05, 3.63) is 33.7 Å². The molecule has 3 heteroatoms. The number of nitroso groups, excluding NO2 is 1. The molecule has 0 heterocycles. The van der Waals surface area contributed by atoms with E-state index in [9.17, 15) is 10.0 Å². The van der Waals surface area contributed by atoms with Crippen molar-refractivity contribution in [1.29, 1.82) is 0 Å². The van der Waals surface area contributed by atoms with E-state index in [1.807, 2.05) is 19.1 Å². The zero-order valence-electron chi connectivity index (χ0n) is 9.66. The van der Waals surface area contributed by atoms with Crippen LogP contribution in [0.5, 0.6) is 5.75 Å². The van der Waals surface area contributed by atoms with Gasteiger partial charge in [-0.2, -0.15) is 4.91 Å². The van der Waals surface area contributed by atoms with E-state index in [1.165, 1.54) is 0 Å². The number of phenolic OH excluding ortho intramolecular Hbond substituents is 1. The molecule has 0 amide bonds. The Hall–Kier alpha value is -1.38. The van der Waals surface area contributed by atoms with Crippen LogP contribution in [0.15, 0.2) is 17.3 Å². The first-order chi connectivity index (χ1) is 6.86. The Morgan fingerprint density at radius 1 is 1.33 bits per heavy atom. The van der Waals surface area contributed by atoms with Crippen LogP contribution in [0, 0.1) is 11.8 Å². The van der Waals surface area contributed by atoms with Crippen LogP contribution in [-0.2, 0) is 12.0 Å². The molecule has 82 valence electrons. The zero-order chi connectivity index (χ0) is 11.6. The predicted octanol–water partition coefficient (Wildman–Crippen LogP) is 3.26. The molecule has 0 unspecified atom stereocenters. The highest BCUT2D eigenvalue weighted by Gasteiger charge is 2.17. The SMILES string of the molecule is Cc1cc(C(C)(C)C)cc(CN=O)c1O. The minimum atomic E-state index is 0.0100. The first kappa shape index (κ1) is 11.7.